The third-order valence-electron chi connectivity index (χ3n) is 2.60. The van der Waals surface area contributed by atoms with Crippen molar-refractivity contribution in [3.8, 4) is 5.75 Å². The third kappa shape index (κ3) is 2.19. The summed E-state index contributed by atoms with van der Waals surface area (Å²) in [5.74, 6) is 1.56. The quantitative estimate of drug-likeness (QED) is 0.782. The number of amides is 1. The van der Waals surface area contributed by atoms with Crippen molar-refractivity contribution < 1.29 is 9.53 Å². The third-order valence-corrected chi connectivity index (χ3v) is 2.83. The van der Waals surface area contributed by atoms with Crippen LogP contribution in [0.25, 0.3) is 0 Å². The number of hydrogen-bond acceptors (Lipinski definition) is 3. The van der Waals surface area contributed by atoms with Gasteiger partial charge in [-0.05, 0) is 40.4 Å². The van der Waals surface area contributed by atoms with Crippen LogP contribution in [0.4, 0.5) is 5.82 Å². The van der Waals surface area contributed by atoms with E-state index < -0.39 is 0 Å². The number of halogens is 1. The SMILES string of the molecule is CC(=O)N1CCCc2cc(OCBr)cnc21. The van der Waals surface area contributed by atoms with Gasteiger partial charge in [0.1, 0.15) is 17.1 Å². The van der Waals surface area contributed by atoms with E-state index in [1.165, 1.54) is 0 Å². The molecule has 0 aliphatic carbocycles. The van der Waals surface area contributed by atoms with E-state index in [1.54, 1.807) is 18.0 Å². The monoisotopic (exact) mass is 284 g/mol. The van der Waals surface area contributed by atoms with Crippen LogP contribution in [0, 0.1) is 0 Å². The Bertz CT molecular complexity index is 409. The molecule has 0 atom stereocenters. The van der Waals surface area contributed by atoms with E-state index in [2.05, 4.69) is 20.9 Å². The minimum Gasteiger partial charge on any atom is -0.481 e. The van der Waals surface area contributed by atoms with E-state index in [9.17, 15) is 4.79 Å². The molecule has 1 amide bonds. The van der Waals surface area contributed by atoms with Crippen molar-refractivity contribution in [3.63, 3.8) is 0 Å². The van der Waals surface area contributed by atoms with Crippen molar-refractivity contribution in [1.82, 2.24) is 4.98 Å². The summed E-state index contributed by atoms with van der Waals surface area (Å²) in [7, 11) is 0. The molecule has 86 valence electrons. The van der Waals surface area contributed by atoms with E-state index in [-0.39, 0.29) is 5.91 Å². The number of nitrogens with zero attached hydrogens (tertiary/aromatic N) is 2. The molecule has 0 bridgehead atoms. The zero-order chi connectivity index (χ0) is 11.5. The average molecular weight is 285 g/mol. The highest BCUT2D eigenvalue weighted by molar-refractivity contribution is 9.09. The number of aromatic nitrogens is 1. The maximum absolute atomic E-state index is 11.4. The Morgan fingerprint density at radius 3 is 3.19 bits per heavy atom. The number of rotatable bonds is 2. The molecule has 0 spiro atoms. The van der Waals surface area contributed by atoms with Gasteiger partial charge in [-0.15, -0.1) is 0 Å². The van der Waals surface area contributed by atoms with E-state index in [4.69, 9.17) is 4.74 Å². The van der Waals surface area contributed by atoms with Crippen LogP contribution in [-0.2, 0) is 11.2 Å². The molecule has 1 aliphatic rings. The molecule has 0 saturated heterocycles. The number of fused-ring (bicyclic) bond motifs is 1. The van der Waals surface area contributed by atoms with Gasteiger partial charge < -0.3 is 4.74 Å². The second-order valence-electron chi connectivity index (χ2n) is 3.68. The molecule has 0 fully saturated rings. The molecule has 2 rings (SSSR count). The normalized spacial score (nSPS) is 14.5. The molecule has 1 aliphatic heterocycles. The molecule has 16 heavy (non-hydrogen) atoms. The summed E-state index contributed by atoms with van der Waals surface area (Å²) < 4.78 is 5.32. The maximum Gasteiger partial charge on any atom is 0.225 e. The van der Waals surface area contributed by atoms with Crippen molar-refractivity contribution in [2.24, 2.45) is 0 Å². The number of alkyl halides is 1. The number of hydrogen-bond donors (Lipinski definition) is 0. The molecule has 1 aromatic rings. The van der Waals surface area contributed by atoms with E-state index in [1.807, 2.05) is 6.07 Å². The van der Waals surface area contributed by atoms with Crippen LogP contribution in [0.1, 0.15) is 18.9 Å². The summed E-state index contributed by atoms with van der Waals surface area (Å²) in [6.07, 6.45) is 3.58. The Kier molecular flexibility index (Phi) is 3.43. The molecule has 0 unspecified atom stereocenters. The van der Waals surface area contributed by atoms with Gasteiger partial charge in [0.2, 0.25) is 5.91 Å². The first kappa shape index (κ1) is 11.4. The smallest absolute Gasteiger partial charge is 0.225 e. The average Bonchev–Trinajstić information content (AvgIpc) is 2.28. The van der Waals surface area contributed by atoms with Crippen LogP contribution >= 0.6 is 15.9 Å². The Balaban J connectivity index is 2.33. The van der Waals surface area contributed by atoms with Gasteiger partial charge in [0.25, 0.3) is 0 Å². The van der Waals surface area contributed by atoms with Gasteiger partial charge in [0, 0.05) is 13.5 Å². The van der Waals surface area contributed by atoms with Crippen LogP contribution in [0.15, 0.2) is 12.3 Å². The topological polar surface area (TPSA) is 42.4 Å². The van der Waals surface area contributed by atoms with Crippen molar-refractivity contribution in [1.29, 1.82) is 0 Å². The fourth-order valence-corrected chi connectivity index (χ4v) is 2.15. The van der Waals surface area contributed by atoms with Crippen molar-refractivity contribution in [2.45, 2.75) is 19.8 Å². The highest BCUT2D eigenvalue weighted by Crippen LogP contribution is 2.28. The highest BCUT2D eigenvalue weighted by atomic mass is 79.9. The Morgan fingerprint density at radius 1 is 1.69 bits per heavy atom. The Hall–Kier alpha value is -1.10. The van der Waals surface area contributed by atoms with Gasteiger partial charge >= 0.3 is 0 Å². The van der Waals surface area contributed by atoms with Gasteiger partial charge in [0.15, 0.2) is 0 Å². The Morgan fingerprint density at radius 2 is 2.50 bits per heavy atom. The summed E-state index contributed by atoms with van der Waals surface area (Å²) in [5, 5.41) is 0. The van der Waals surface area contributed by atoms with E-state index >= 15 is 0 Å². The Labute approximate surface area is 103 Å². The second kappa shape index (κ2) is 4.82. The minimum atomic E-state index is 0.0441. The van der Waals surface area contributed by atoms with Gasteiger partial charge in [0.05, 0.1) is 6.20 Å². The standard InChI is InChI=1S/C11H13BrN2O2/c1-8(15)14-4-2-3-9-5-10(16-7-12)6-13-11(9)14/h5-6H,2-4,7H2,1H3. The predicted octanol–water partition coefficient (Wildman–Crippen LogP) is 2.11. The number of carbonyl (C=O) groups excluding carboxylic acids is 1. The zero-order valence-corrected chi connectivity index (χ0v) is 10.7. The van der Waals surface area contributed by atoms with Gasteiger partial charge in [-0.2, -0.15) is 0 Å². The van der Waals surface area contributed by atoms with Crippen LogP contribution in [0.2, 0.25) is 0 Å². The summed E-state index contributed by atoms with van der Waals surface area (Å²) >= 11 is 3.20. The fraction of sp³-hybridized carbons (Fsp3) is 0.455. The van der Waals surface area contributed by atoms with E-state index in [0.29, 0.717) is 5.52 Å². The lowest BCUT2D eigenvalue weighted by Crippen LogP contribution is -2.34. The summed E-state index contributed by atoms with van der Waals surface area (Å²) in [4.78, 5) is 17.4. The lowest BCUT2D eigenvalue weighted by molar-refractivity contribution is -0.116. The van der Waals surface area contributed by atoms with Crippen molar-refractivity contribution in [3.05, 3.63) is 17.8 Å². The van der Waals surface area contributed by atoms with Gasteiger partial charge in [-0.1, -0.05) is 0 Å². The number of anilines is 1. The van der Waals surface area contributed by atoms with Crippen LogP contribution in [0.5, 0.6) is 5.75 Å². The number of ether oxygens (including phenoxy) is 1. The van der Waals surface area contributed by atoms with Crippen LogP contribution < -0.4 is 9.64 Å². The zero-order valence-electron chi connectivity index (χ0n) is 9.07. The minimum absolute atomic E-state index is 0.0441. The molecule has 1 aromatic heterocycles. The first-order valence-corrected chi connectivity index (χ1v) is 6.30. The number of aryl methyl sites for hydroxylation is 1. The lowest BCUT2D eigenvalue weighted by Gasteiger charge is -2.27. The van der Waals surface area contributed by atoms with Crippen LogP contribution in [0.3, 0.4) is 0 Å². The molecule has 4 nitrogen and oxygen atoms in total. The predicted molar refractivity (Wildman–Crippen MR) is 65.0 cm³/mol. The highest BCUT2D eigenvalue weighted by Gasteiger charge is 2.21. The summed E-state index contributed by atoms with van der Waals surface area (Å²) in [6, 6.07) is 1.96. The maximum atomic E-state index is 11.4. The molecular formula is C11H13BrN2O2. The van der Waals surface area contributed by atoms with Crippen LogP contribution in [-0.4, -0.2) is 23.0 Å². The molecule has 0 N–H and O–H groups in total. The lowest BCUT2D eigenvalue weighted by atomic mass is 10.1. The largest absolute Gasteiger partial charge is 0.481 e. The van der Waals surface area contributed by atoms with Crippen molar-refractivity contribution in [2.75, 3.05) is 17.0 Å². The summed E-state index contributed by atoms with van der Waals surface area (Å²) in [5.41, 5.74) is 1.53. The second-order valence-corrected chi connectivity index (χ2v) is 4.14. The van der Waals surface area contributed by atoms with Gasteiger partial charge in [-0.25, -0.2) is 4.98 Å². The first-order valence-electron chi connectivity index (χ1n) is 5.18. The summed E-state index contributed by atoms with van der Waals surface area (Å²) in [6.45, 7) is 2.33. The van der Waals surface area contributed by atoms with E-state index in [0.717, 1.165) is 36.5 Å². The molecule has 0 saturated carbocycles. The molecule has 0 aromatic carbocycles. The molecule has 2 heterocycles. The van der Waals surface area contributed by atoms with Gasteiger partial charge in [-0.3, -0.25) is 9.69 Å². The first-order chi connectivity index (χ1) is 7.72. The molecule has 5 heteroatoms. The fourth-order valence-electron chi connectivity index (χ4n) is 1.89. The molecular weight excluding hydrogens is 272 g/mol. The molecule has 0 radical (unpaired) electrons. The number of carbonyl (C=O) groups is 1. The number of pyridine rings is 1. The van der Waals surface area contributed by atoms with Crippen molar-refractivity contribution >= 4 is 27.7 Å².